The Kier molecular flexibility index (Phi) is 5.38. The van der Waals surface area contributed by atoms with Crippen LogP contribution in [-0.2, 0) is 4.79 Å². The van der Waals surface area contributed by atoms with Crippen LogP contribution in [0.2, 0.25) is 0 Å². The van der Waals surface area contributed by atoms with Crippen molar-refractivity contribution >= 4 is 23.3 Å². The molecule has 8 heteroatoms. The maximum absolute atomic E-state index is 13.0. The lowest BCUT2D eigenvalue weighted by Gasteiger charge is -2.07. The van der Waals surface area contributed by atoms with E-state index in [2.05, 4.69) is 20.5 Å². The summed E-state index contributed by atoms with van der Waals surface area (Å²) in [6, 6.07) is 20.7. The van der Waals surface area contributed by atoms with Crippen molar-refractivity contribution in [1.29, 1.82) is 0 Å². The van der Waals surface area contributed by atoms with Crippen molar-refractivity contribution in [3.05, 3.63) is 103 Å². The topological polar surface area (TPSA) is 85.1 Å². The molecule has 1 amide bonds. The monoisotopic (exact) mass is 436 g/mol. The summed E-state index contributed by atoms with van der Waals surface area (Å²) < 4.78 is 14.7. The molecule has 0 spiro atoms. The summed E-state index contributed by atoms with van der Waals surface area (Å²) in [6.07, 6.45) is 6.41. The predicted molar refractivity (Wildman–Crippen MR) is 124 cm³/mol. The molecule has 0 radical (unpaired) electrons. The quantitative estimate of drug-likeness (QED) is 0.406. The van der Waals surface area contributed by atoms with Crippen molar-refractivity contribution in [1.82, 2.24) is 24.8 Å². The number of amides is 1. The minimum atomic E-state index is -0.320. The second kappa shape index (κ2) is 8.80. The number of hydrogen-bond donors (Lipinski definition) is 1. The molecule has 0 unspecified atom stereocenters. The Morgan fingerprint density at radius 2 is 1.73 bits per heavy atom. The number of carbonyl (C=O) groups is 1. The molecule has 3 heterocycles. The van der Waals surface area contributed by atoms with E-state index in [0.717, 1.165) is 16.7 Å². The molecule has 33 heavy (non-hydrogen) atoms. The van der Waals surface area contributed by atoms with Crippen LogP contribution in [0.3, 0.4) is 0 Å². The zero-order valence-corrected chi connectivity index (χ0v) is 17.3. The van der Waals surface area contributed by atoms with Gasteiger partial charge in [0.15, 0.2) is 11.5 Å². The molecule has 160 valence electrons. The zero-order valence-electron chi connectivity index (χ0n) is 17.3. The highest BCUT2D eigenvalue weighted by Crippen LogP contribution is 2.23. The molecule has 0 aliphatic carbocycles. The lowest BCUT2D eigenvalue weighted by molar-refractivity contribution is -0.111. The van der Waals surface area contributed by atoms with Crippen molar-refractivity contribution in [2.45, 2.75) is 0 Å². The summed E-state index contributed by atoms with van der Waals surface area (Å²) in [5, 5.41) is 16.0. The average molecular weight is 436 g/mol. The molecule has 5 rings (SSSR count). The predicted octanol–water partition coefficient (Wildman–Crippen LogP) is 4.64. The lowest BCUT2D eigenvalue weighted by atomic mass is 10.1. The fourth-order valence-electron chi connectivity index (χ4n) is 3.31. The number of halogens is 1. The van der Waals surface area contributed by atoms with Crippen LogP contribution in [0.15, 0.2) is 91.3 Å². The van der Waals surface area contributed by atoms with Gasteiger partial charge < -0.3 is 5.32 Å². The van der Waals surface area contributed by atoms with Gasteiger partial charge in [-0.25, -0.2) is 4.39 Å². The van der Waals surface area contributed by atoms with Crippen LogP contribution in [0.4, 0.5) is 10.1 Å². The van der Waals surface area contributed by atoms with Gasteiger partial charge in [-0.15, -0.1) is 10.2 Å². The smallest absolute Gasteiger partial charge is 0.248 e. The fraction of sp³-hybridized carbons (Fsp3) is 0. The van der Waals surface area contributed by atoms with E-state index in [1.807, 2.05) is 42.5 Å². The Balaban J connectivity index is 1.38. The molecule has 2 aromatic carbocycles. The third-order valence-corrected chi connectivity index (χ3v) is 4.92. The molecule has 0 saturated carbocycles. The van der Waals surface area contributed by atoms with E-state index in [9.17, 15) is 9.18 Å². The first kappa shape index (κ1) is 20.2. The molecule has 7 nitrogen and oxygen atoms in total. The summed E-state index contributed by atoms with van der Waals surface area (Å²) >= 11 is 0. The van der Waals surface area contributed by atoms with E-state index < -0.39 is 0 Å². The molecule has 0 bridgehead atoms. The Labute approximate surface area is 188 Å². The minimum absolute atomic E-state index is 0.293. The molecule has 1 N–H and O–H groups in total. The van der Waals surface area contributed by atoms with Gasteiger partial charge in [-0.1, -0.05) is 24.3 Å². The van der Waals surface area contributed by atoms with Gasteiger partial charge in [-0.3, -0.25) is 9.78 Å². The van der Waals surface area contributed by atoms with E-state index in [-0.39, 0.29) is 11.7 Å². The van der Waals surface area contributed by atoms with Crippen molar-refractivity contribution in [3.8, 4) is 22.6 Å². The van der Waals surface area contributed by atoms with E-state index in [1.165, 1.54) is 18.2 Å². The lowest BCUT2D eigenvalue weighted by Crippen LogP contribution is -2.07. The third-order valence-electron chi connectivity index (χ3n) is 4.92. The summed E-state index contributed by atoms with van der Waals surface area (Å²) in [7, 11) is 0. The first-order chi connectivity index (χ1) is 16.2. The van der Waals surface area contributed by atoms with E-state index in [1.54, 1.807) is 41.2 Å². The first-order valence-corrected chi connectivity index (χ1v) is 10.1. The summed E-state index contributed by atoms with van der Waals surface area (Å²) in [6.45, 7) is 0. The first-order valence-electron chi connectivity index (χ1n) is 10.1. The molecule has 0 fully saturated rings. The molecule has 0 aliphatic rings. The minimum Gasteiger partial charge on any atom is -0.322 e. The highest BCUT2D eigenvalue weighted by molar-refractivity contribution is 6.02. The van der Waals surface area contributed by atoms with Crippen LogP contribution in [0.25, 0.3) is 34.4 Å². The van der Waals surface area contributed by atoms with Crippen molar-refractivity contribution in [2.75, 3.05) is 5.32 Å². The Bertz CT molecular complexity index is 1460. The van der Waals surface area contributed by atoms with Gasteiger partial charge >= 0.3 is 0 Å². The standard InChI is InChI=1S/C25H17FN6O/c26-20-7-4-17(5-8-20)6-11-24(33)28-21-3-1-2-19(16-21)22-9-10-23-29-30-25(32(23)31-22)18-12-14-27-15-13-18/h1-16H,(H,28,33)/b11-6+. The fourth-order valence-corrected chi connectivity index (χ4v) is 3.31. The van der Waals surface area contributed by atoms with Gasteiger partial charge in [-0.05, 0) is 60.2 Å². The molecular weight excluding hydrogens is 419 g/mol. The van der Waals surface area contributed by atoms with Gasteiger partial charge in [0, 0.05) is 35.3 Å². The second-order valence-corrected chi connectivity index (χ2v) is 7.20. The van der Waals surface area contributed by atoms with Crippen LogP contribution in [0, 0.1) is 5.82 Å². The van der Waals surface area contributed by atoms with Gasteiger partial charge in [0.25, 0.3) is 0 Å². The van der Waals surface area contributed by atoms with Gasteiger partial charge in [-0.2, -0.15) is 9.61 Å². The number of carbonyl (C=O) groups excluding carboxylic acids is 1. The highest BCUT2D eigenvalue weighted by atomic mass is 19.1. The molecule has 3 aromatic heterocycles. The Hall–Kier alpha value is -4.72. The summed E-state index contributed by atoms with van der Waals surface area (Å²) in [5.74, 6) is 0.00268. The number of fused-ring (bicyclic) bond motifs is 1. The van der Waals surface area contributed by atoms with Crippen LogP contribution in [0.5, 0.6) is 0 Å². The number of nitrogens with zero attached hydrogens (tertiary/aromatic N) is 5. The van der Waals surface area contributed by atoms with E-state index >= 15 is 0 Å². The van der Waals surface area contributed by atoms with Gasteiger partial charge in [0.1, 0.15) is 5.82 Å². The van der Waals surface area contributed by atoms with E-state index in [0.29, 0.717) is 22.9 Å². The highest BCUT2D eigenvalue weighted by Gasteiger charge is 2.11. The largest absolute Gasteiger partial charge is 0.322 e. The van der Waals surface area contributed by atoms with Crippen molar-refractivity contribution in [2.24, 2.45) is 0 Å². The number of rotatable bonds is 5. The van der Waals surface area contributed by atoms with Crippen LogP contribution in [-0.4, -0.2) is 30.7 Å². The molecule has 0 saturated heterocycles. The maximum atomic E-state index is 13.0. The number of pyridine rings is 1. The van der Waals surface area contributed by atoms with Gasteiger partial charge in [0.2, 0.25) is 5.91 Å². The number of benzene rings is 2. The van der Waals surface area contributed by atoms with Crippen LogP contribution in [0.1, 0.15) is 5.56 Å². The number of hydrogen-bond acceptors (Lipinski definition) is 5. The SMILES string of the molecule is O=C(/C=C/c1ccc(F)cc1)Nc1cccc(-c2ccc3nnc(-c4ccncc4)n3n2)c1. The Morgan fingerprint density at radius 3 is 2.55 bits per heavy atom. The van der Waals surface area contributed by atoms with Crippen LogP contribution < -0.4 is 5.32 Å². The average Bonchev–Trinajstić information content (AvgIpc) is 3.28. The number of nitrogens with one attached hydrogen (secondary N) is 1. The second-order valence-electron chi connectivity index (χ2n) is 7.20. The molecular formula is C25H17FN6O. The normalized spacial score (nSPS) is 11.2. The Morgan fingerprint density at radius 1 is 0.909 bits per heavy atom. The van der Waals surface area contributed by atoms with Crippen molar-refractivity contribution in [3.63, 3.8) is 0 Å². The van der Waals surface area contributed by atoms with Crippen molar-refractivity contribution < 1.29 is 9.18 Å². The molecule has 5 aromatic rings. The summed E-state index contributed by atoms with van der Waals surface area (Å²) in [5.41, 5.74) is 4.37. The number of aromatic nitrogens is 5. The van der Waals surface area contributed by atoms with Crippen LogP contribution >= 0.6 is 0 Å². The molecule has 0 atom stereocenters. The van der Waals surface area contributed by atoms with Gasteiger partial charge in [0.05, 0.1) is 5.69 Å². The summed E-state index contributed by atoms with van der Waals surface area (Å²) in [4.78, 5) is 16.4. The zero-order chi connectivity index (χ0) is 22.6. The molecule has 0 aliphatic heterocycles. The maximum Gasteiger partial charge on any atom is 0.248 e. The number of anilines is 1. The van der Waals surface area contributed by atoms with E-state index in [4.69, 9.17) is 5.10 Å². The third kappa shape index (κ3) is 4.49.